The van der Waals surface area contributed by atoms with Gasteiger partial charge in [0.25, 0.3) is 5.69 Å². The van der Waals surface area contributed by atoms with Gasteiger partial charge in [-0.3, -0.25) is 10.1 Å². The second-order valence-electron chi connectivity index (χ2n) is 6.17. The van der Waals surface area contributed by atoms with Crippen molar-refractivity contribution in [3.8, 4) is 22.6 Å². The molecule has 4 rings (SSSR count). The maximum atomic E-state index is 10.8. The third-order valence-electron chi connectivity index (χ3n) is 4.46. The minimum absolute atomic E-state index is 0.0439. The van der Waals surface area contributed by atoms with Crippen molar-refractivity contribution in [3.63, 3.8) is 0 Å². The summed E-state index contributed by atoms with van der Waals surface area (Å²) in [6, 6.07) is 16.1. The maximum absolute atomic E-state index is 10.8. The number of aromatic nitrogens is 3. The molecule has 0 radical (unpaired) electrons. The molecule has 0 amide bonds. The molecule has 2 aromatic carbocycles. The summed E-state index contributed by atoms with van der Waals surface area (Å²) in [6.45, 7) is 1.89. The van der Waals surface area contributed by atoms with Crippen molar-refractivity contribution in [2.45, 2.75) is 12.8 Å². The van der Waals surface area contributed by atoms with Crippen LogP contribution in [0, 0.1) is 10.1 Å². The molecular formula is C19H17N5O2. The van der Waals surface area contributed by atoms with Gasteiger partial charge in [-0.2, -0.15) is 0 Å². The molecule has 1 aliphatic rings. The van der Waals surface area contributed by atoms with Gasteiger partial charge in [-0.15, -0.1) is 10.2 Å². The van der Waals surface area contributed by atoms with E-state index >= 15 is 0 Å². The third kappa shape index (κ3) is 3.11. The van der Waals surface area contributed by atoms with Gasteiger partial charge in [0.15, 0.2) is 11.6 Å². The van der Waals surface area contributed by atoms with Crippen LogP contribution in [0.3, 0.4) is 0 Å². The van der Waals surface area contributed by atoms with Gasteiger partial charge in [0, 0.05) is 36.3 Å². The van der Waals surface area contributed by atoms with Crippen LogP contribution in [-0.4, -0.2) is 33.2 Å². The highest BCUT2D eigenvalue weighted by molar-refractivity contribution is 5.73. The van der Waals surface area contributed by atoms with E-state index in [4.69, 9.17) is 4.98 Å². The van der Waals surface area contributed by atoms with E-state index < -0.39 is 4.92 Å². The Bertz CT molecular complexity index is 922. The lowest BCUT2D eigenvalue weighted by Crippen LogP contribution is -2.21. The Kier molecular flexibility index (Phi) is 4.27. The summed E-state index contributed by atoms with van der Waals surface area (Å²) in [5.74, 6) is 1.29. The third-order valence-corrected chi connectivity index (χ3v) is 4.46. The minimum atomic E-state index is -0.420. The molecule has 130 valence electrons. The topological polar surface area (TPSA) is 85.0 Å². The van der Waals surface area contributed by atoms with Crippen molar-refractivity contribution in [2.75, 3.05) is 18.0 Å². The monoisotopic (exact) mass is 347 g/mol. The summed E-state index contributed by atoms with van der Waals surface area (Å²) in [5.41, 5.74) is 2.49. The van der Waals surface area contributed by atoms with E-state index in [1.54, 1.807) is 12.1 Å². The number of non-ortho nitro benzene ring substituents is 1. The molecule has 0 unspecified atom stereocenters. The fourth-order valence-corrected chi connectivity index (χ4v) is 3.10. The van der Waals surface area contributed by atoms with Crippen molar-refractivity contribution < 1.29 is 4.92 Å². The van der Waals surface area contributed by atoms with Gasteiger partial charge in [-0.05, 0) is 25.0 Å². The fraction of sp³-hybridized carbons (Fsp3) is 0.211. The molecule has 1 aromatic heterocycles. The van der Waals surface area contributed by atoms with Crippen LogP contribution in [-0.2, 0) is 0 Å². The van der Waals surface area contributed by atoms with E-state index in [2.05, 4.69) is 15.1 Å². The molecule has 7 nitrogen and oxygen atoms in total. The van der Waals surface area contributed by atoms with E-state index in [9.17, 15) is 10.1 Å². The largest absolute Gasteiger partial charge is 0.355 e. The first-order valence-corrected chi connectivity index (χ1v) is 8.52. The summed E-state index contributed by atoms with van der Waals surface area (Å²) in [6.07, 6.45) is 2.26. The van der Waals surface area contributed by atoms with Crippen LogP contribution in [0.15, 0.2) is 54.6 Å². The highest BCUT2D eigenvalue weighted by atomic mass is 16.6. The van der Waals surface area contributed by atoms with Crippen molar-refractivity contribution in [2.24, 2.45) is 0 Å². The number of rotatable bonds is 4. The lowest BCUT2D eigenvalue weighted by atomic mass is 10.1. The standard InChI is InChI=1S/C19H17N5O2/c25-24(26)16-10-8-15(9-11-16)18-20-19(23-12-4-5-13-23)17(21-22-18)14-6-2-1-3-7-14/h1-3,6-11H,4-5,12-13H2. The van der Waals surface area contributed by atoms with E-state index in [0.717, 1.165) is 43.0 Å². The van der Waals surface area contributed by atoms with Gasteiger partial charge in [0.1, 0.15) is 5.69 Å². The smallest absolute Gasteiger partial charge is 0.269 e. The summed E-state index contributed by atoms with van der Waals surface area (Å²) < 4.78 is 0. The van der Waals surface area contributed by atoms with Gasteiger partial charge in [-0.1, -0.05) is 30.3 Å². The Balaban J connectivity index is 1.77. The Morgan fingerprint density at radius 3 is 2.23 bits per heavy atom. The predicted molar refractivity (Wildman–Crippen MR) is 98.8 cm³/mol. The van der Waals surface area contributed by atoms with Crippen molar-refractivity contribution in [1.29, 1.82) is 0 Å². The Morgan fingerprint density at radius 2 is 1.58 bits per heavy atom. The lowest BCUT2D eigenvalue weighted by Gasteiger charge is -2.19. The van der Waals surface area contributed by atoms with E-state index in [-0.39, 0.29) is 5.69 Å². The Hall–Kier alpha value is -3.35. The number of nitrogens with zero attached hydrogens (tertiary/aromatic N) is 5. The molecule has 0 aliphatic carbocycles. The van der Waals surface area contributed by atoms with Gasteiger partial charge in [0.05, 0.1) is 4.92 Å². The summed E-state index contributed by atoms with van der Waals surface area (Å²) in [7, 11) is 0. The molecule has 0 spiro atoms. The second-order valence-corrected chi connectivity index (χ2v) is 6.17. The van der Waals surface area contributed by atoms with Crippen LogP contribution in [0.2, 0.25) is 0 Å². The predicted octanol–water partition coefficient (Wildman–Crippen LogP) is 3.71. The van der Waals surface area contributed by atoms with Crippen LogP contribution < -0.4 is 4.90 Å². The number of nitro benzene ring substituents is 1. The molecule has 7 heteroatoms. The highest BCUT2D eigenvalue weighted by Crippen LogP contribution is 2.31. The number of anilines is 1. The fourth-order valence-electron chi connectivity index (χ4n) is 3.10. The average Bonchev–Trinajstić information content (AvgIpc) is 3.23. The van der Waals surface area contributed by atoms with E-state index in [1.165, 1.54) is 12.1 Å². The van der Waals surface area contributed by atoms with Crippen LogP contribution in [0.5, 0.6) is 0 Å². The first kappa shape index (κ1) is 16.1. The Morgan fingerprint density at radius 1 is 0.885 bits per heavy atom. The molecule has 0 atom stereocenters. The summed E-state index contributed by atoms with van der Waals surface area (Å²) >= 11 is 0. The zero-order valence-electron chi connectivity index (χ0n) is 14.1. The lowest BCUT2D eigenvalue weighted by molar-refractivity contribution is -0.384. The van der Waals surface area contributed by atoms with Crippen molar-refractivity contribution in [1.82, 2.24) is 15.2 Å². The van der Waals surface area contributed by atoms with Gasteiger partial charge in [-0.25, -0.2) is 4.98 Å². The molecule has 1 aliphatic heterocycles. The first-order valence-electron chi connectivity index (χ1n) is 8.52. The number of benzene rings is 2. The van der Waals surface area contributed by atoms with Crippen molar-refractivity contribution in [3.05, 3.63) is 64.7 Å². The van der Waals surface area contributed by atoms with E-state index in [1.807, 2.05) is 30.3 Å². The molecular weight excluding hydrogens is 330 g/mol. The number of hydrogen-bond donors (Lipinski definition) is 0. The highest BCUT2D eigenvalue weighted by Gasteiger charge is 2.21. The number of hydrogen-bond acceptors (Lipinski definition) is 6. The second kappa shape index (κ2) is 6.87. The molecule has 1 saturated heterocycles. The zero-order valence-corrected chi connectivity index (χ0v) is 14.1. The molecule has 3 aromatic rings. The van der Waals surface area contributed by atoms with Crippen LogP contribution in [0.1, 0.15) is 12.8 Å². The van der Waals surface area contributed by atoms with Crippen molar-refractivity contribution >= 4 is 11.5 Å². The maximum Gasteiger partial charge on any atom is 0.269 e. The average molecular weight is 347 g/mol. The van der Waals surface area contributed by atoms with Crippen LogP contribution in [0.4, 0.5) is 11.5 Å². The molecule has 1 fully saturated rings. The molecule has 2 heterocycles. The van der Waals surface area contributed by atoms with Gasteiger partial charge >= 0.3 is 0 Å². The minimum Gasteiger partial charge on any atom is -0.355 e. The van der Waals surface area contributed by atoms with Gasteiger partial charge in [0.2, 0.25) is 0 Å². The summed E-state index contributed by atoms with van der Waals surface area (Å²) in [5, 5.41) is 19.5. The van der Waals surface area contributed by atoms with Crippen LogP contribution >= 0.6 is 0 Å². The molecule has 0 N–H and O–H groups in total. The SMILES string of the molecule is O=[N+]([O-])c1ccc(-c2nnc(-c3ccccc3)c(N3CCCC3)n2)cc1. The molecule has 26 heavy (non-hydrogen) atoms. The van der Waals surface area contributed by atoms with Gasteiger partial charge < -0.3 is 4.90 Å². The quantitative estimate of drug-likeness (QED) is 0.528. The molecule has 0 bridgehead atoms. The van der Waals surface area contributed by atoms with E-state index in [0.29, 0.717) is 11.4 Å². The number of nitro groups is 1. The first-order chi connectivity index (χ1) is 12.7. The normalized spacial score (nSPS) is 13.8. The Labute approximate surface area is 150 Å². The van der Waals surface area contributed by atoms with Crippen LogP contribution in [0.25, 0.3) is 22.6 Å². The summed E-state index contributed by atoms with van der Waals surface area (Å²) in [4.78, 5) is 17.4. The zero-order chi connectivity index (χ0) is 17.9. The molecule has 0 saturated carbocycles.